The summed E-state index contributed by atoms with van der Waals surface area (Å²) in [6, 6.07) is 5.54. The Bertz CT molecular complexity index is 534. The second-order valence-corrected chi connectivity index (χ2v) is 5.17. The molecule has 0 saturated carbocycles. The van der Waals surface area contributed by atoms with Crippen LogP contribution in [-0.4, -0.2) is 14.9 Å². The fourth-order valence-corrected chi connectivity index (χ4v) is 2.42. The van der Waals surface area contributed by atoms with E-state index in [1.54, 1.807) is 24.0 Å². The number of hydrogen-bond donors (Lipinski definition) is 1. The fraction of sp³-hybridized carbons (Fsp3) is 0.250. The normalized spacial score (nSPS) is 12.8. The number of halogens is 2. The van der Waals surface area contributed by atoms with Gasteiger partial charge in [0.15, 0.2) is 0 Å². The van der Waals surface area contributed by atoms with Crippen molar-refractivity contribution in [3.63, 3.8) is 0 Å². The van der Waals surface area contributed by atoms with Crippen molar-refractivity contribution in [3.05, 3.63) is 50.7 Å². The van der Waals surface area contributed by atoms with Gasteiger partial charge in [-0.15, -0.1) is 0 Å². The molecule has 1 aromatic carbocycles. The van der Waals surface area contributed by atoms with Crippen molar-refractivity contribution >= 4 is 27.5 Å². The minimum Gasteiger partial charge on any atom is -0.382 e. The molecule has 0 aliphatic carbocycles. The summed E-state index contributed by atoms with van der Waals surface area (Å²) < 4.78 is 2.42. The molecule has 1 N–H and O–H groups in total. The highest BCUT2D eigenvalue weighted by Crippen LogP contribution is 2.30. The van der Waals surface area contributed by atoms with Crippen LogP contribution in [0.2, 0.25) is 5.02 Å². The lowest BCUT2D eigenvalue weighted by atomic mass is 10.0. The van der Waals surface area contributed by atoms with Crippen molar-refractivity contribution in [1.29, 1.82) is 0 Å². The molecular weight excluding hydrogens is 304 g/mol. The van der Waals surface area contributed by atoms with E-state index in [-0.39, 0.29) is 0 Å². The number of rotatable bonds is 2. The highest BCUT2D eigenvalue weighted by molar-refractivity contribution is 9.10. The first-order chi connectivity index (χ1) is 8.00. The second kappa shape index (κ2) is 4.80. The van der Waals surface area contributed by atoms with Crippen molar-refractivity contribution in [2.24, 2.45) is 7.05 Å². The maximum atomic E-state index is 10.3. The summed E-state index contributed by atoms with van der Waals surface area (Å²) in [5.41, 5.74) is 2.46. The predicted molar refractivity (Wildman–Crippen MR) is 71.2 cm³/mol. The monoisotopic (exact) mass is 314 g/mol. The minimum absolute atomic E-state index is 0.653. The summed E-state index contributed by atoms with van der Waals surface area (Å²) in [4.78, 5) is 0. The zero-order chi connectivity index (χ0) is 12.6. The zero-order valence-electron chi connectivity index (χ0n) is 9.48. The van der Waals surface area contributed by atoms with Gasteiger partial charge in [0.25, 0.3) is 0 Å². The van der Waals surface area contributed by atoms with Gasteiger partial charge in [0.1, 0.15) is 6.10 Å². The van der Waals surface area contributed by atoms with E-state index in [9.17, 15) is 5.11 Å². The van der Waals surface area contributed by atoms with Gasteiger partial charge < -0.3 is 5.11 Å². The largest absolute Gasteiger partial charge is 0.382 e. The molecule has 1 unspecified atom stereocenters. The minimum atomic E-state index is -0.741. The van der Waals surface area contributed by atoms with E-state index in [2.05, 4.69) is 21.0 Å². The molecule has 2 rings (SSSR count). The van der Waals surface area contributed by atoms with Gasteiger partial charge in [-0.3, -0.25) is 4.68 Å². The average Bonchev–Trinajstić information content (AvgIpc) is 2.62. The van der Waals surface area contributed by atoms with Gasteiger partial charge in [-0.2, -0.15) is 5.10 Å². The van der Waals surface area contributed by atoms with Crippen LogP contribution >= 0.6 is 27.5 Å². The Morgan fingerprint density at radius 1 is 1.47 bits per heavy atom. The van der Waals surface area contributed by atoms with Crippen molar-refractivity contribution in [2.75, 3.05) is 0 Å². The van der Waals surface area contributed by atoms with Crippen molar-refractivity contribution in [2.45, 2.75) is 13.0 Å². The van der Waals surface area contributed by atoms with Gasteiger partial charge in [-0.25, -0.2) is 0 Å². The van der Waals surface area contributed by atoms with E-state index in [0.717, 1.165) is 15.6 Å². The van der Waals surface area contributed by atoms with Crippen LogP contribution < -0.4 is 0 Å². The van der Waals surface area contributed by atoms with Crippen LogP contribution in [0.15, 0.2) is 28.9 Å². The number of hydrogen-bond acceptors (Lipinski definition) is 2. The average molecular weight is 316 g/mol. The van der Waals surface area contributed by atoms with Crippen LogP contribution in [0.4, 0.5) is 0 Å². The first-order valence-electron chi connectivity index (χ1n) is 5.12. The molecule has 0 radical (unpaired) electrons. The van der Waals surface area contributed by atoms with Crippen molar-refractivity contribution in [1.82, 2.24) is 9.78 Å². The van der Waals surface area contributed by atoms with Gasteiger partial charge in [0.2, 0.25) is 0 Å². The van der Waals surface area contributed by atoms with Crippen LogP contribution in [0.25, 0.3) is 0 Å². The van der Waals surface area contributed by atoms with Crippen LogP contribution in [0.3, 0.4) is 0 Å². The molecule has 0 amide bonds. The Kier molecular flexibility index (Phi) is 3.56. The highest BCUT2D eigenvalue weighted by atomic mass is 79.9. The summed E-state index contributed by atoms with van der Waals surface area (Å²) in [7, 11) is 1.79. The van der Waals surface area contributed by atoms with Gasteiger partial charge in [-0.05, 0) is 40.0 Å². The number of aliphatic hydroxyl groups excluding tert-OH is 1. The Hall–Kier alpha value is -0.840. The molecular formula is C12H12BrClN2O. The summed E-state index contributed by atoms with van der Waals surface area (Å²) in [6.45, 7) is 1.93. The number of aryl methyl sites for hydroxylation is 2. The second-order valence-electron chi connectivity index (χ2n) is 3.91. The van der Waals surface area contributed by atoms with E-state index >= 15 is 0 Å². The lowest BCUT2D eigenvalue weighted by molar-refractivity contribution is 0.209. The molecule has 2 aromatic rings. The molecule has 0 spiro atoms. The topological polar surface area (TPSA) is 38.1 Å². The van der Waals surface area contributed by atoms with Crippen molar-refractivity contribution in [3.8, 4) is 0 Å². The standard InChI is InChI=1S/C12H12BrClN2O/c1-7-3-4-8(5-10(7)14)12(17)11-9(13)6-15-16(11)2/h3-6,12,17H,1-2H3. The van der Waals surface area contributed by atoms with Crippen LogP contribution in [-0.2, 0) is 7.05 Å². The van der Waals surface area contributed by atoms with Gasteiger partial charge in [0, 0.05) is 12.1 Å². The summed E-state index contributed by atoms with van der Waals surface area (Å²) in [5.74, 6) is 0. The molecule has 1 atom stereocenters. The summed E-state index contributed by atoms with van der Waals surface area (Å²) >= 11 is 9.43. The predicted octanol–water partition coefficient (Wildman–Crippen LogP) is 3.23. The molecule has 1 aromatic heterocycles. The van der Waals surface area contributed by atoms with E-state index in [4.69, 9.17) is 11.6 Å². The number of benzene rings is 1. The van der Waals surface area contributed by atoms with E-state index in [1.807, 2.05) is 19.1 Å². The maximum absolute atomic E-state index is 10.3. The Morgan fingerprint density at radius 3 is 2.71 bits per heavy atom. The number of nitrogens with zero attached hydrogens (tertiary/aromatic N) is 2. The summed E-state index contributed by atoms with van der Waals surface area (Å²) in [5, 5.41) is 15.0. The lowest BCUT2D eigenvalue weighted by Crippen LogP contribution is -2.07. The first kappa shape index (κ1) is 12.6. The Balaban J connectivity index is 2.43. The van der Waals surface area contributed by atoms with E-state index in [0.29, 0.717) is 10.7 Å². The van der Waals surface area contributed by atoms with Crippen LogP contribution in [0.5, 0.6) is 0 Å². The molecule has 1 heterocycles. The zero-order valence-corrected chi connectivity index (χ0v) is 11.8. The fourth-order valence-electron chi connectivity index (χ4n) is 1.66. The molecule has 0 saturated heterocycles. The van der Waals surface area contributed by atoms with E-state index in [1.165, 1.54) is 0 Å². The maximum Gasteiger partial charge on any atom is 0.122 e. The summed E-state index contributed by atoms with van der Waals surface area (Å²) in [6.07, 6.45) is 0.920. The Labute approximate surface area is 113 Å². The van der Waals surface area contributed by atoms with Gasteiger partial charge in [-0.1, -0.05) is 23.7 Å². The number of aliphatic hydroxyl groups is 1. The van der Waals surface area contributed by atoms with E-state index < -0.39 is 6.10 Å². The Morgan fingerprint density at radius 2 is 2.18 bits per heavy atom. The highest BCUT2D eigenvalue weighted by Gasteiger charge is 2.18. The lowest BCUT2D eigenvalue weighted by Gasteiger charge is -2.13. The first-order valence-corrected chi connectivity index (χ1v) is 6.29. The third-order valence-electron chi connectivity index (χ3n) is 2.71. The molecule has 90 valence electrons. The third-order valence-corrected chi connectivity index (χ3v) is 3.73. The molecule has 0 aliphatic heterocycles. The van der Waals surface area contributed by atoms with Crippen LogP contribution in [0.1, 0.15) is 22.9 Å². The molecule has 5 heteroatoms. The number of aromatic nitrogens is 2. The van der Waals surface area contributed by atoms with Crippen molar-refractivity contribution < 1.29 is 5.11 Å². The third kappa shape index (κ3) is 2.39. The smallest absolute Gasteiger partial charge is 0.122 e. The molecule has 3 nitrogen and oxygen atoms in total. The molecule has 17 heavy (non-hydrogen) atoms. The van der Waals surface area contributed by atoms with Crippen LogP contribution in [0, 0.1) is 6.92 Å². The van der Waals surface area contributed by atoms with Gasteiger partial charge in [0.05, 0.1) is 16.4 Å². The molecule has 0 bridgehead atoms. The SMILES string of the molecule is Cc1ccc(C(O)c2c(Br)cnn2C)cc1Cl. The van der Waals surface area contributed by atoms with Gasteiger partial charge >= 0.3 is 0 Å². The quantitative estimate of drug-likeness (QED) is 0.924. The molecule has 0 aliphatic rings. The molecule has 0 fully saturated rings.